The molecule has 1 saturated heterocycles. The highest BCUT2D eigenvalue weighted by Gasteiger charge is 2.31. The Morgan fingerprint density at radius 3 is 2.55 bits per heavy atom. The molecule has 0 bridgehead atoms. The standard InChI is InChI=1S/C25H27FN6O/c1-2-17-8-11-22-19(14-17)15-21(25(33)27-22)23(31-12-4-3-5-13-31)24-28-29-30-32(24)16-18-6-9-20(26)10-7-18/h6-11,14-15,23H,2-5,12-13,16H2,1H3,(H,27,33)/t23-/m1/s1. The molecule has 0 radical (unpaired) electrons. The zero-order valence-corrected chi connectivity index (χ0v) is 18.7. The minimum Gasteiger partial charge on any atom is -0.322 e. The molecule has 1 fully saturated rings. The molecule has 4 aromatic rings. The molecule has 0 unspecified atom stereocenters. The molecular formula is C25H27FN6O. The van der Waals surface area contributed by atoms with Crippen molar-refractivity contribution in [2.45, 2.75) is 45.2 Å². The van der Waals surface area contributed by atoms with Crippen LogP contribution in [0, 0.1) is 5.82 Å². The number of benzene rings is 2. The maximum atomic E-state index is 13.4. The van der Waals surface area contributed by atoms with Crippen LogP contribution in [0.25, 0.3) is 10.9 Å². The molecule has 33 heavy (non-hydrogen) atoms. The summed E-state index contributed by atoms with van der Waals surface area (Å²) in [6, 6.07) is 14.1. The van der Waals surface area contributed by atoms with E-state index in [1.54, 1.807) is 16.8 Å². The first-order chi connectivity index (χ1) is 16.1. The van der Waals surface area contributed by atoms with Crippen LogP contribution in [0.5, 0.6) is 0 Å². The van der Waals surface area contributed by atoms with E-state index in [0.717, 1.165) is 48.8 Å². The Hall–Kier alpha value is -3.39. The lowest BCUT2D eigenvalue weighted by Crippen LogP contribution is -2.38. The maximum absolute atomic E-state index is 13.4. The summed E-state index contributed by atoms with van der Waals surface area (Å²) in [4.78, 5) is 18.6. The van der Waals surface area contributed by atoms with E-state index < -0.39 is 0 Å². The third kappa shape index (κ3) is 4.43. The Labute approximate surface area is 191 Å². The number of piperidine rings is 1. The van der Waals surface area contributed by atoms with Gasteiger partial charge in [-0.3, -0.25) is 9.69 Å². The Balaban J connectivity index is 1.61. The van der Waals surface area contributed by atoms with E-state index in [9.17, 15) is 9.18 Å². The lowest BCUT2D eigenvalue weighted by Gasteiger charge is -2.33. The largest absolute Gasteiger partial charge is 0.322 e. The number of fused-ring (bicyclic) bond motifs is 1. The van der Waals surface area contributed by atoms with Gasteiger partial charge in [-0.15, -0.1) is 5.10 Å². The van der Waals surface area contributed by atoms with Crippen LogP contribution >= 0.6 is 0 Å². The van der Waals surface area contributed by atoms with Crippen molar-refractivity contribution < 1.29 is 4.39 Å². The van der Waals surface area contributed by atoms with Crippen LogP contribution in [0.1, 0.15) is 54.7 Å². The van der Waals surface area contributed by atoms with Crippen LogP contribution in [-0.4, -0.2) is 43.2 Å². The fourth-order valence-corrected chi connectivity index (χ4v) is 4.65. The first-order valence-electron chi connectivity index (χ1n) is 11.5. The number of tetrazole rings is 1. The zero-order chi connectivity index (χ0) is 22.8. The Morgan fingerprint density at radius 1 is 1.03 bits per heavy atom. The van der Waals surface area contributed by atoms with Crippen LogP contribution in [0.15, 0.2) is 53.3 Å². The van der Waals surface area contributed by atoms with E-state index >= 15 is 0 Å². The lowest BCUT2D eigenvalue weighted by molar-refractivity contribution is 0.177. The minimum absolute atomic E-state index is 0.126. The van der Waals surface area contributed by atoms with Gasteiger partial charge in [0.2, 0.25) is 0 Å². The van der Waals surface area contributed by atoms with Gasteiger partial charge in [0.25, 0.3) is 5.56 Å². The molecule has 1 N–H and O–H groups in total. The second kappa shape index (κ2) is 9.23. The van der Waals surface area contributed by atoms with Gasteiger partial charge < -0.3 is 4.98 Å². The number of nitrogens with zero attached hydrogens (tertiary/aromatic N) is 5. The average Bonchev–Trinajstić information content (AvgIpc) is 3.29. The van der Waals surface area contributed by atoms with Gasteiger partial charge in [-0.2, -0.15) is 0 Å². The zero-order valence-electron chi connectivity index (χ0n) is 18.7. The van der Waals surface area contributed by atoms with Crippen molar-refractivity contribution >= 4 is 10.9 Å². The molecule has 3 heterocycles. The van der Waals surface area contributed by atoms with Gasteiger partial charge in [-0.25, -0.2) is 9.07 Å². The SMILES string of the molecule is CCc1ccc2[nH]c(=O)c([C@H](c3nnnn3Cc3ccc(F)cc3)N3CCCCC3)cc2c1. The summed E-state index contributed by atoms with van der Waals surface area (Å²) < 4.78 is 15.1. The van der Waals surface area contributed by atoms with E-state index in [1.807, 2.05) is 18.2 Å². The number of likely N-dealkylation sites (tertiary alicyclic amines) is 1. The van der Waals surface area contributed by atoms with Gasteiger partial charge in [0.15, 0.2) is 5.82 Å². The second-order valence-electron chi connectivity index (χ2n) is 8.65. The molecule has 0 saturated carbocycles. The van der Waals surface area contributed by atoms with Crippen molar-refractivity contribution in [3.8, 4) is 0 Å². The van der Waals surface area contributed by atoms with Crippen LogP contribution in [-0.2, 0) is 13.0 Å². The van der Waals surface area contributed by atoms with E-state index in [1.165, 1.54) is 24.1 Å². The van der Waals surface area contributed by atoms with E-state index in [0.29, 0.717) is 17.9 Å². The monoisotopic (exact) mass is 446 g/mol. The van der Waals surface area contributed by atoms with Gasteiger partial charge in [-0.05, 0) is 89.6 Å². The number of H-pyrrole nitrogens is 1. The van der Waals surface area contributed by atoms with E-state index in [-0.39, 0.29) is 17.4 Å². The topological polar surface area (TPSA) is 79.7 Å². The smallest absolute Gasteiger partial charge is 0.253 e. The molecule has 170 valence electrons. The maximum Gasteiger partial charge on any atom is 0.253 e. The second-order valence-corrected chi connectivity index (χ2v) is 8.65. The molecule has 0 amide bonds. The van der Waals surface area contributed by atoms with Gasteiger partial charge in [-0.1, -0.05) is 31.5 Å². The Bertz CT molecular complexity index is 1310. The summed E-state index contributed by atoms with van der Waals surface area (Å²) in [5, 5.41) is 13.5. The molecular weight excluding hydrogens is 419 g/mol. The highest BCUT2D eigenvalue weighted by Crippen LogP contribution is 2.29. The summed E-state index contributed by atoms with van der Waals surface area (Å²) in [5.74, 6) is 0.341. The van der Waals surface area contributed by atoms with Crippen molar-refractivity contribution in [1.82, 2.24) is 30.1 Å². The molecule has 1 aliphatic heterocycles. The molecule has 0 spiro atoms. The molecule has 2 aromatic heterocycles. The number of halogens is 1. The van der Waals surface area contributed by atoms with Crippen LogP contribution in [0.3, 0.4) is 0 Å². The number of rotatable bonds is 6. The molecule has 1 atom stereocenters. The fourth-order valence-electron chi connectivity index (χ4n) is 4.65. The van der Waals surface area contributed by atoms with Crippen molar-refractivity contribution in [2.24, 2.45) is 0 Å². The molecule has 5 rings (SSSR count). The van der Waals surface area contributed by atoms with E-state index in [4.69, 9.17) is 0 Å². The van der Waals surface area contributed by atoms with Crippen molar-refractivity contribution in [2.75, 3.05) is 13.1 Å². The number of nitrogens with one attached hydrogen (secondary N) is 1. The summed E-state index contributed by atoms with van der Waals surface area (Å²) in [7, 11) is 0. The number of hydrogen-bond acceptors (Lipinski definition) is 5. The first kappa shape index (κ1) is 21.5. The van der Waals surface area contributed by atoms with Crippen molar-refractivity contribution in [1.29, 1.82) is 0 Å². The molecule has 2 aromatic carbocycles. The summed E-state index contributed by atoms with van der Waals surface area (Å²) >= 11 is 0. The minimum atomic E-state index is -0.362. The predicted molar refractivity (Wildman–Crippen MR) is 125 cm³/mol. The normalized spacial score (nSPS) is 15.7. The van der Waals surface area contributed by atoms with Gasteiger partial charge in [0.1, 0.15) is 11.9 Å². The third-order valence-corrected chi connectivity index (χ3v) is 6.45. The number of aromatic nitrogens is 5. The van der Waals surface area contributed by atoms with Crippen LogP contribution in [0.4, 0.5) is 4.39 Å². The highest BCUT2D eigenvalue weighted by molar-refractivity contribution is 5.80. The quantitative estimate of drug-likeness (QED) is 0.487. The predicted octanol–water partition coefficient (Wildman–Crippen LogP) is 3.84. The molecule has 8 heteroatoms. The Kier molecular flexibility index (Phi) is 6.00. The Morgan fingerprint density at radius 2 is 1.79 bits per heavy atom. The molecule has 7 nitrogen and oxygen atoms in total. The fraction of sp³-hybridized carbons (Fsp3) is 0.360. The average molecular weight is 447 g/mol. The number of aromatic amines is 1. The van der Waals surface area contributed by atoms with Gasteiger partial charge in [0.05, 0.1) is 6.54 Å². The van der Waals surface area contributed by atoms with Crippen LogP contribution in [0.2, 0.25) is 0 Å². The number of hydrogen-bond donors (Lipinski definition) is 1. The van der Waals surface area contributed by atoms with Crippen LogP contribution < -0.4 is 5.56 Å². The number of aryl methyl sites for hydroxylation is 1. The lowest BCUT2D eigenvalue weighted by atomic mass is 9.99. The summed E-state index contributed by atoms with van der Waals surface area (Å²) in [6.45, 7) is 4.27. The molecule has 0 aliphatic carbocycles. The van der Waals surface area contributed by atoms with Crippen molar-refractivity contribution in [3.05, 3.63) is 87.2 Å². The third-order valence-electron chi connectivity index (χ3n) is 6.45. The summed E-state index contributed by atoms with van der Waals surface area (Å²) in [5.41, 5.74) is 3.45. The first-order valence-corrected chi connectivity index (χ1v) is 11.5. The summed E-state index contributed by atoms with van der Waals surface area (Å²) in [6.07, 6.45) is 4.25. The van der Waals surface area contributed by atoms with Gasteiger partial charge >= 0.3 is 0 Å². The van der Waals surface area contributed by atoms with E-state index in [2.05, 4.69) is 38.4 Å². The van der Waals surface area contributed by atoms with Gasteiger partial charge in [0, 0.05) is 11.1 Å². The number of pyridine rings is 1. The highest BCUT2D eigenvalue weighted by atomic mass is 19.1. The van der Waals surface area contributed by atoms with Crippen molar-refractivity contribution in [3.63, 3.8) is 0 Å². The molecule has 1 aliphatic rings.